The molecule has 2 atom stereocenters. The molecule has 0 rings (SSSR count). The fourth-order valence-corrected chi connectivity index (χ4v) is 1.36. The lowest BCUT2D eigenvalue weighted by Gasteiger charge is -2.29. The van der Waals surface area contributed by atoms with Crippen molar-refractivity contribution < 1.29 is 9.84 Å². The highest BCUT2D eigenvalue weighted by atomic mass is 16.5. The molecule has 0 aliphatic heterocycles. The van der Waals surface area contributed by atoms with E-state index in [0.717, 1.165) is 25.9 Å². The average Bonchev–Trinajstić information content (AvgIpc) is 2.00. The molecule has 0 radical (unpaired) electrons. The maximum atomic E-state index is 9.95. The summed E-state index contributed by atoms with van der Waals surface area (Å²) in [5.74, 6) is 0.317. The molecule has 0 aliphatic carbocycles. The van der Waals surface area contributed by atoms with Crippen molar-refractivity contribution in [1.29, 1.82) is 0 Å². The Morgan fingerprint density at radius 1 is 1.50 bits per heavy atom. The number of methoxy groups -OCH3 is 1. The van der Waals surface area contributed by atoms with Gasteiger partial charge >= 0.3 is 0 Å². The number of ether oxygens (including phenoxy) is 1. The van der Waals surface area contributed by atoms with Crippen molar-refractivity contribution in [1.82, 2.24) is 0 Å². The minimum Gasteiger partial charge on any atom is -0.390 e. The van der Waals surface area contributed by atoms with Gasteiger partial charge in [0.15, 0.2) is 0 Å². The first-order valence-electron chi connectivity index (χ1n) is 4.76. The first kappa shape index (κ1) is 11.9. The molecule has 74 valence electrons. The van der Waals surface area contributed by atoms with Crippen molar-refractivity contribution in [3.05, 3.63) is 0 Å². The topological polar surface area (TPSA) is 29.5 Å². The molecule has 0 aromatic rings. The Bertz CT molecular complexity index is 110. The Morgan fingerprint density at radius 3 is 2.50 bits per heavy atom. The number of rotatable bonds is 6. The number of aliphatic hydroxyl groups is 1. The molecule has 0 aromatic carbocycles. The van der Waals surface area contributed by atoms with Gasteiger partial charge in [0.25, 0.3) is 0 Å². The van der Waals surface area contributed by atoms with Gasteiger partial charge < -0.3 is 9.84 Å². The van der Waals surface area contributed by atoms with Gasteiger partial charge in [0.05, 0.1) is 5.60 Å². The van der Waals surface area contributed by atoms with Crippen molar-refractivity contribution >= 4 is 0 Å². The predicted octanol–water partition coefficient (Wildman–Crippen LogP) is 2.21. The Hall–Kier alpha value is -0.0800. The SMILES string of the molecule is CCCC(C)(O)C(C)CCOC. The first-order valence-corrected chi connectivity index (χ1v) is 4.76. The van der Waals surface area contributed by atoms with Gasteiger partial charge in [0, 0.05) is 13.7 Å². The van der Waals surface area contributed by atoms with Crippen LogP contribution in [-0.4, -0.2) is 24.4 Å². The van der Waals surface area contributed by atoms with E-state index in [1.54, 1.807) is 7.11 Å². The highest BCUT2D eigenvalue weighted by molar-refractivity contribution is 4.78. The van der Waals surface area contributed by atoms with Crippen LogP contribution in [0, 0.1) is 5.92 Å². The van der Waals surface area contributed by atoms with Crippen LogP contribution in [-0.2, 0) is 4.74 Å². The minimum absolute atomic E-state index is 0.317. The minimum atomic E-state index is -0.521. The normalized spacial score (nSPS) is 18.8. The van der Waals surface area contributed by atoms with Crippen LogP contribution in [0.5, 0.6) is 0 Å². The molecule has 0 aromatic heterocycles. The lowest BCUT2D eigenvalue weighted by atomic mass is 9.85. The van der Waals surface area contributed by atoms with E-state index in [1.165, 1.54) is 0 Å². The maximum Gasteiger partial charge on any atom is 0.0645 e. The van der Waals surface area contributed by atoms with E-state index in [2.05, 4.69) is 13.8 Å². The van der Waals surface area contributed by atoms with E-state index >= 15 is 0 Å². The summed E-state index contributed by atoms with van der Waals surface area (Å²) < 4.78 is 4.97. The van der Waals surface area contributed by atoms with E-state index in [-0.39, 0.29) is 0 Å². The summed E-state index contributed by atoms with van der Waals surface area (Å²) in [6.45, 7) is 6.82. The van der Waals surface area contributed by atoms with Crippen molar-refractivity contribution in [3.63, 3.8) is 0 Å². The van der Waals surface area contributed by atoms with Gasteiger partial charge in [-0.2, -0.15) is 0 Å². The monoisotopic (exact) mass is 174 g/mol. The predicted molar refractivity (Wildman–Crippen MR) is 51.2 cm³/mol. The van der Waals surface area contributed by atoms with Crippen molar-refractivity contribution in [2.24, 2.45) is 5.92 Å². The standard InChI is InChI=1S/C10H22O2/c1-5-7-10(3,11)9(2)6-8-12-4/h9,11H,5-8H2,1-4H3. The fourth-order valence-electron chi connectivity index (χ4n) is 1.36. The molecular weight excluding hydrogens is 152 g/mol. The summed E-state index contributed by atoms with van der Waals surface area (Å²) in [6, 6.07) is 0. The molecule has 0 heterocycles. The van der Waals surface area contributed by atoms with Gasteiger partial charge in [-0.15, -0.1) is 0 Å². The largest absolute Gasteiger partial charge is 0.390 e. The molecule has 1 N–H and O–H groups in total. The van der Waals surface area contributed by atoms with Crippen LogP contribution in [0.4, 0.5) is 0 Å². The molecule has 2 nitrogen and oxygen atoms in total. The third kappa shape index (κ3) is 4.07. The van der Waals surface area contributed by atoms with Crippen molar-refractivity contribution in [2.45, 2.75) is 45.6 Å². The molecule has 2 heteroatoms. The average molecular weight is 174 g/mol. The maximum absolute atomic E-state index is 9.95. The van der Waals surface area contributed by atoms with E-state index in [1.807, 2.05) is 6.92 Å². The number of hydrogen-bond donors (Lipinski definition) is 1. The van der Waals surface area contributed by atoms with E-state index < -0.39 is 5.60 Å². The van der Waals surface area contributed by atoms with Crippen LogP contribution in [0.2, 0.25) is 0 Å². The molecule has 0 saturated heterocycles. The summed E-state index contributed by atoms with van der Waals surface area (Å²) in [4.78, 5) is 0. The summed E-state index contributed by atoms with van der Waals surface area (Å²) >= 11 is 0. The zero-order valence-electron chi connectivity index (χ0n) is 8.76. The third-order valence-electron chi connectivity index (χ3n) is 2.57. The second-order valence-corrected chi connectivity index (χ2v) is 3.79. The van der Waals surface area contributed by atoms with Crippen LogP contribution in [0.1, 0.15) is 40.0 Å². The fraction of sp³-hybridized carbons (Fsp3) is 1.00. The molecule has 0 saturated carbocycles. The molecule has 12 heavy (non-hydrogen) atoms. The zero-order valence-corrected chi connectivity index (χ0v) is 8.76. The van der Waals surface area contributed by atoms with Gasteiger partial charge in [-0.1, -0.05) is 20.3 Å². The quantitative estimate of drug-likeness (QED) is 0.669. The molecule has 0 spiro atoms. The van der Waals surface area contributed by atoms with Gasteiger partial charge in [0.1, 0.15) is 0 Å². The van der Waals surface area contributed by atoms with Gasteiger partial charge in [-0.05, 0) is 25.7 Å². The van der Waals surface area contributed by atoms with Gasteiger partial charge in [-0.25, -0.2) is 0 Å². The molecule has 0 amide bonds. The Morgan fingerprint density at radius 2 is 2.08 bits per heavy atom. The Kier molecular flexibility index (Phi) is 5.51. The summed E-state index contributed by atoms with van der Waals surface area (Å²) in [7, 11) is 1.70. The Labute approximate surface area is 75.9 Å². The lowest BCUT2D eigenvalue weighted by Crippen LogP contribution is -2.33. The third-order valence-corrected chi connectivity index (χ3v) is 2.57. The molecule has 0 bridgehead atoms. The van der Waals surface area contributed by atoms with Crippen molar-refractivity contribution in [2.75, 3.05) is 13.7 Å². The molecule has 0 aliphatic rings. The van der Waals surface area contributed by atoms with Gasteiger partial charge in [0.2, 0.25) is 0 Å². The second-order valence-electron chi connectivity index (χ2n) is 3.79. The van der Waals surface area contributed by atoms with E-state index in [0.29, 0.717) is 5.92 Å². The summed E-state index contributed by atoms with van der Waals surface area (Å²) in [6.07, 6.45) is 2.84. The molecule has 0 fully saturated rings. The van der Waals surface area contributed by atoms with Crippen LogP contribution in [0.25, 0.3) is 0 Å². The second kappa shape index (κ2) is 5.55. The summed E-state index contributed by atoms with van der Waals surface area (Å²) in [5, 5.41) is 9.95. The zero-order chi connectivity index (χ0) is 9.61. The Balaban J connectivity index is 3.79. The highest BCUT2D eigenvalue weighted by Crippen LogP contribution is 2.24. The van der Waals surface area contributed by atoms with Crippen LogP contribution in [0.15, 0.2) is 0 Å². The number of hydrogen-bond acceptors (Lipinski definition) is 2. The summed E-state index contributed by atoms with van der Waals surface area (Å²) in [5.41, 5.74) is -0.521. The van der Waals surface area contributed by atoms with Crippen LogP contribution >= 0.6 is 0 Å². The smallest absolute Gasteiger partial charge is 0.0645 e. The highest BCUT2D eigenvalue weighted by Gasteiger charge is 2.26. The van der Waals surface area contributed by atoms with Crippen molar-refractivity contribution in [3.8, 4) is 0 Å². The van der Waals surface area contributed by atoms with E-state index in [9.17, 15) is 5.11 Å². The molecule has 2 unspecified atom stereocenters. The molecular formula is C10H22O2. The van der Waals surface area contributed by atoms with E-state index in [4.69, 9.17) is 4.74 Å². The first-order chi connectivity index (χ1) is 5.54. The van der Waals surface area contributed by atoms with Gasteiger partial charge in [-0.3, -0.25) is 0 Å². The lowest BCUT2D eigenvalue weighted by molar-refractivity contribution is -0.0136. The van der Waals surface area contributed by atoms with Crippen LogP contribution < -0.4 is 0 Å². The van der Waals surface area contributed by atoms with Crippen LogP contribution in [0.3, 0.4) is 0 Å².